The zero-order valence-electron chi connectivity index (χ0n) is 6.28. The maximum atomic E-state index is 9.20. The van der Waals surface area contributed by atoms with Crippen molar-refractivity contribution in [1.82, 2.24) is 4.98 Å². The predicted octanol–water partition coefficient (Wildman–Crippen LogP) is 0.421. The predicted molar refractivity (Wildman–Crippen MR) is 42.7 cm³/mol. The van der Waals surface area contributed by atoms with Gasteiger partial charge in [-0.05, 0) is 13.0 Å². The minimum Gasteiger partial charge on any atom is -0.389 e. The molecule has 0 amide bonds. The zero-order chi connectivity index (χ0) is 8.27. The SMILES string of the molecule is CC(O)c1cccnc1NN. The quantitative estimate of drug-likeness (QED) is 0.425. The Labute approximate surface area is 65.0 Å². The summed E-state index contributed by atoms with van der Waals surface area (Å²) in [6.45, 7) is 1.66. The maximum Gasteiger partial charge on any atom is 0.145 e. The van der Waals surface area contributed by atoms with Gasteiger partial charge in [0, 0.05) is 11.8 Å². The fraction of sp³-hybridized carbons (Fsp3) is 0.286. The second-order valence-electron chi connectivity index (χ2n) is 2.26. The van der Waals surface area contributed by atoms with Crippen LogP contribution in [0, 0.1) is 0 Å². The molecule has 0 fully saturated rings. The number of nitrogens with two attached hydrogens (primary N) is 1. The molecule has 0 aromatic carbocycles. The Morgan fingerprint density at radius 2 is 2.45 bits per heavy atom. The first-order chi connectivity index (χ1) is 5.25. The maximum absolute atomic E-state index is 9.20. The van der Waals surface area contributed by atoms with Gasteiger partial charge in [-0.25, -0.2) is 10.8 Å². The number of nitrogen functional groups attached to an aromatic ring is 1. The third-order valence-electron chi connectivity index (χ3n) is 1.43. The molecule has 0 aliphatic carbocycles. The van der Waals surface area contributed by atoms with Gasteiger partial charge in [-0.2, -0.15) is 0 Å². The van der Waals surface area contributed by atoms with Crippen LogP contribution in [0.3, 0.4) is 0 Å². The molecule has 1 aromatic rings. The number of hydrogen-bond acceptors (Lipinski definition) is 4. The van der Waals surface area contributed by atoms with Gasteiger partial charge in [0.15, 0.2) is 0 Å². The highest BCUT2D eigenvalue weighted by molar-refractivity contribution is 5.43. The molecule has 0 spiro atoms. The van der Waals surface area contributed by atoms with Gasteiger partial charge in [-0.3, -0.25) is 0 Å². The molecule has 0 aliphatic rings. The van der Waals surface area contributed by atoms with Crippen LogP contribution in [0.2, 0.25) is 0 Å². The van der Waals surface area contributed by atoms with Crippen molar-refractivity contribution in [2.45, 2.75) is 13.0 Å². The normalized spacial score (nSPS) is 12.6. The molecular formula is C7H11N3O. The molecular weight excluding hydrogens is 142 g/mol. The lowest BCUT2D eigenvalue weighted by molar-refractivity contribution is 0.199. The molecule has 4 heteroatoms. The summed E-state index contributed by atoms with van der Waals surface area (Å²) >= 11 is 0. The standard InChI is InChI=1S/C7H11N3O/c1-5(11)6-3-2-4-9-7(6)10-8/h2-5,11H,8H2,1H3,(H,9,10). The van der Waals surface area contributed by atoms with Gasteiger partial charge < -0.3 is 10.5 Å². The van der Waals surface area contributed by atoms with E-state index in [9.17, 15) is 5.11 Å². The number of pyridine rings is 1. The molecule has 1 unspecified atom stereocenters. The van der Waals surface area contributed by atoms with Crippen LogP contribution in [0.5, 0.6) is 0 Å². The van der Waals surface area contributed by atoms with Crippen molar-refractivity contribution in [1.29, 1.82) is 0 Å². The van der Waals surface area contributed by atoms with Crippen molar-refractivity contribution in [3.63, 3.8) is 0 Å². The Morgan fingerprint density at radius 1 is 1.73 bits per heavy atom. The Morgan fingerprint density at radius 3 is 2.91 bits per heavy atom. The van der Waals surface area contributed by atoms with Crippen LogP contribution in [0.15, 0.2) is 18.3 Å². The Kier molecular flexibility index (Phi) is 2.40. The van der Waals surface area contributed by atoms with E-state index < -0.39 is 6.10 Å². The lowest BCUT2D eigenvalue weighted by Gasteiger charge is -2.08. The van der Waals surface area contributed by atoms with E-state index in [0.717, 1.165) is 0 Å². The average molecular weight is 153 g/mol. The Balaban J connectivity index is 3.02. The van der Waals surface area contributed by atoms with Crippen molar-refractivity contribution in [2.24, 2.45) is 5.84 Å². The first-order valence-corrected chi connectivity index (χ1v) is 3.35. The second kappa shape index (κ2) is 3.32. The molecule has 4 N–H and O–H groups in total. The summed E-state index contributed by atoms with van der Waals surface area (Å²) in [5.41, 5.74) is 3.11. The molecule has 0 radical (unpaired) electrons. The number of aliphatic hydroxyl groups is 1. The van der Waals surface area contributed by atoms with Crippen LogP contribution in [-0.4, -0.2) is 10.1 Å². The zero-order valence-corrected chi connectivity index (χ0v) is 6.28. The lowest BCUT2D eigenvalue weighted by Crippen LogP contribution is -2.11. The number of aromatic nitrogens is 1. The van der Waals surface area contributed by atoms with Crippen LogP contribution < -0.4 is 11.3 Å². The third-order valence-corrected chi connectivity index (χ3v) is 1.43. The molecule has 60 valence electrons. The van der Waals surface area contributed by atoms with E-state index in [1.54, 1.807) is 25.3 Å². The molecule has 1 heterocycles. The molecule has 11 heavy (non-hydrogen) atoms. The third kappa shape index (κ3) is 1.66. The van der Waals surface area contributed by atoms with Crippen molar-refractivity contribution in [2.75, 3.05) is 5.43 Å². The summed E-state index contributed by atoms with van der Waals surface area (Å²) in [5, 5.41) is 9.20. The number of anilines is 1. The van der Waals surface area contributed by atoms with Gasteiger partial charge >= 0.3 is 0 Å². The molecule has 0 saturated heterocycles. The molecule has 1 rings (SSSR count). The number of nitrogens with one attached hydrogen (secondary N) is 1. The van der Waals surface area contributed by atoms with E-state index in [1.807, 2.05) is 0 Å². The van der Waals surface area contributed by atoms with Crippen molar-refractivity contribution < 1.29 is 5.11 Å². The number of hydrogen-bond donors (Lipinski definition) is 3. The number of nitrogens with zero attached hydrogens (tertiary/aromatic N) is 1. The highest BCUT2D eigenvalue weighted by Gasteiger charge is 2.05. The molecule has 1 atom stereocenters. The van der Waals surface area contributed by atoms with E-state index in [-0.39, 0.29) is 0 Å². The molecule has 0 saturated carbocycles. The summed E-state index contributed by atoms with van der Waals surface area (Å²) < 4.78 is 0. The fourth-order valence-corrected chi connectivity index (χ4v) is 0.875. The van der Waals surface area contributed by atoms with Gasteiger partial charge in [0.1, 0.15) is 5.82 Å². The van der Waals surface area contributed by atoms with E-state index in [0.29, 0.717) is 11.4 Å². The van der Waals surface area contributed by atoms with Crippen molar-refractivity contribution in [3.8, 4) is 0 Å². The summed E-state index contributed by atoms with van der Waals surface area (Å²) in [6, 6.07) is 3.52. The highest BCUT2D eigenvalue weighted by Crippen LogP contribution is 2.17. The highest BCUT2D eigenvalue weighted by atomic mass is 16.3. The first kappa shape index (κ1) is 7.97. The Bertz CT molecular complexity index is 237. The second-order valence-corrected chi connectivity index (χ2v) is 2.26. The van der Waals surface area contributed by atoms with Gasteiger partial charge in [-0.15, -0.1) is 0 Å². The summed E-state index contributed by atoms with van der Waals surface area (Å²) in [6.07, 6.45) is 1.07. The molecule has 0 aliphatic heterocycles. The first-order valence-electron chi connectivity index (χ1n) is 3.35. The Hall–Kier alpha value is -1.13. The summed E-state index contributed by atoms with van der Waals surface area (Å²) in [4.78, 5) is 3.92. The molecule has 4 nitrogen and oxygen atoms in total. The van der Waals surface area contributed by atoms with Gasteiger partial charge in [-0.1, -0.05) is 6.07 Å². The van der Waals surface area contributed by atoms with Gasteiger partial charge in [0.2, 0.25) is 0 Å². The fourth-order valence-electron chi connectivity index (χ4n) is 0.875. The van der Waals surface area contributed by atoms with Crippen LogP contribution in [0.1, 0.15) is 18.6 Å². The van der Waals surface area contributed by atoms with Crippen LogP contribution >= 0.6 is 0 Å². The van der Waals surface area contributed by atoms with E-state index in [4.69, 9.17) is 5.84 Å². The monoisotopic (exact) mass is 153 g/mol. The van der Waals surface area contributed by atoms with Gasteiger partial charge in [0.05, 0.1) is 6.10 Å². The topological polar surface area (TPSA) is 71.2 Å². The van der Waals surface area contributed by atoms with Crippen LogP contribution in [0.25, 0.3) is 0 Å². The van der Waals surface area contributed by atoms with Crippen molar-refractivity contribution >= 4 is 5.82 Å². The summed E-state index contributed by atoms with van der Waals surface area (Å²) in [7, 11) is 0. The van der Waals surface area contributed by atoms with E-state index in [2.05, 4.69) is 10.4 Å². The minimum atomic E-state index is -0.547. The van der Waals surface area contributed by atoms with Crippen LogP contribution in [-0.2, 0) is 0 Å². The molecule has 1 aromatic heterocycles. The largest absolute Gasteiger partial charge is 0.389 e. The van der Waals surface area contributed by atoms with E-state index in [1.165, 1.54) is 0 Å². The minimum absolute atomic E-state index is 0.516. The number of rotatable bonds is 2. The average Bonchev–Trinajstić information content (AvgIpc) is 2.04. The van der Waals surface area contributed by atoms with Crippen molar-refractivity contribution in [3.05, 3.63) is 23.9 Å². The molecule has 0 bridgehead atoms. The lowest BCUT2D eigenvalue weighted by atomic mass is 10.2. The number of hydrazine groups is 1. The smallest absolute Gasteiger partial charge is 0.145 e. The summed E-state index contributed by atoms with van der Waals surface area (Å²) in [5.74, 6) is 5.68. The number of aliphatic hydroxyl groups excluding tert-OH is 1. The van der Waals surface area contributed by atoms with E-state index >= 15 is 0 Å². The van der Waals surface area contributed by atoms with Gasteiger partial charge in [0.25, 0.3) is 0 Å². The van der Waals surface area contributed by atoms with Crippen LogP contribution in [0.4, 0.5) is 5.82 Å².